The van der Waals surface area contributed by atoms with Crippen LogP contribution in [0.5, 0.6) is 11.5 Å². The molecule has 6 heteroatoms. The first-order chi connectivity index (χ1) is 26.3. The summed E-state index contributed by atoms with van der Waals surface area (Å²) in [5.74, 6) is 3.60. The van der Waals surface area contributed by atoms with Crippen LogP contribution in [0, 0.1) is 0 Å². The highest BCUT2D eigenvalue weighted by Crippen LogP contribution is 2.63. The maximum atomic E-state index is 6.62. The van der Waals surface area contributed by atoms with Crippen molar-refractivity contribution >= 4 is 21.6 Å². The molecule has 0 bridgehead atoms. The van der Waals surface area contributed by atoms with Crippen molar-refractivity contribution in [3.8, 4) is 67.4 Å². The Morgan fingerprint density at radius 1 is 0.415 bits per heavy atom. The molecule has 1 aliphatic heterocycles. The molecule has 2 aromatic heterocycles. The molecule has 0 unspecified atom stereocenters. The quantitative estimate of drug-likeness (QED) is 0.183. The van der Waals surface area contributed by atoms with Crippen LogP contribution in [0.25, 0.3) is 66.1 Å². The summed E-state index contributed by atoms with van der Waals surface area (Å²) in [6.45, 7) is 0. The zero-order valence-electron chi connectivity index (χ0n) is 28.3. The number of thiazole rings is 1. The van der Waals surface area contributed by atoms with Crippen LogP contribution in [-0.2, 0) is 5.41 Å². The van der Waals surface area contributed by atoms with E-state index < -0.39 is 5.41 Å². The summed E-state index contributed by atoms with van der Waals surface area (Å²) in [5, 5.41) is 0.989. The number of benzene rings is 7. The third kappa shape index (κ3) is 4.49. The molecule has 1 aliphatic carbocycles. The van der Waals surface area contributed by atoms with E-state index in [-0.39, 0.29) is 0 Å². The highest BCUT2D eigenvalue weighted by atomic mass is 32.1. The molecule has 0 saturated heterocycles. The number of aromatic nitrogens is 4. The molecule has 7 aromatic carbocycles. The van der Waals surface area contributed by atoms with Crippen molar-refractivity contribution < 1.29 is 4.74 Å². The Balaban J connectivity index is 1.21. The number of para-hydroxylation sites is 3. The van der Waals surface area contributed by atoms with Gasteiger partial charge in [-0.25, -0.2) is 19.9 Å². The van der Waals surface area contributed by atoms with E-state index in [1.54, 1.807) is 11.3 Å². The van der Waals surface area contributed by atoms with Gasteiger partial charge in [0, 0.05) is 33.4 Å². The summed E-state index contributed by atoms with van der Waals surface area (Å²) >= 11 is 1.73. The van der Waals surface area contributed by atoms with Gasteiger partial charge < -0.3 is 4.74 Å². The molecule has 0 amide bonds. The Labute approximate surface area is 309 Å². The molecule has 5 nitrogen and oxygen atoms in total. The summed E-state index contributed by atoms with van der Waals surface area (Å²) < 4.78 is 7.78. The van der Waals surface area contributed by atoms with Crippen LogP contribution >= 0.6 is 11.3 Å². The first-order valence-corrected chi connectivity index (χ1v) is 18.5. The molecular weight excluding hydrogens is 669 g/mol. The van der Waals surface area contributed by atoms with Gasteiger partial charge in [0.25, 0.3) is 0 Å². The fourth-order valence-corrected chi connectivity index (χ4v) is 9.19. The van der Waals surface area contributed by atoms with Gasteiger partial charge >= 0.3 is 0 Å². The summed E-state index contributed by atoms with van der Waals surface area (Å²) in [4.78, 5) is 20.4. The summed E-state index contributed by atoms with van der Waals surface area (Å²) in [5.41, 5.74) is 11.2. The predicted molar refractivity (Wildman–Crippen MR) is 212 cm³/mol. The molecule has 0 saturated carbocycles. The highest BCUT2D eigenvalue weighted by Gasteiger charge is 2.51. The van der Waals surface area contributed by atoms with Crippen LogP contribution in [0.2, 0.25) is 0 Å². The van der Waals surface area contributed by atoms with Crippen LogP contribution in [0.4, 0.5) is 0 Å². The lowest BCUT2D eigenvalue weighted by Crippen LogP contribution is -2.32. The second-order valence-electron chi connectivity index (χ2n) is 13.4. The van der Waals surface area contributed by atoms with Gasteiger partial charge in [0.15, 0.2) is 17.5 Å². The maximum Gasteiger partial charge on any atom is 0.164 e. The van der Waals surface area contributed by atoms with Crippen molar-refractivity contribution in [1.29, 1.82) is 0 Å². The lowest BCUT2D eigenvalue weighted by molar-refractivity contribution is 0.436. The average molecular weight is 697 g/mol. The first-order valence-electron chi connectivity index (χ1n) is 17.6. The van der Waals surface area contributed by atoms with Crippen molar-refractivity contribution in [2.75, 3.05) is 0 Å². The molecule has 0 atom stereocenters. The zero-order valence-corrected chi connectivity index (χ0v) is 29.1. The van der Waals surface area contributed by atoms with E-state index in [1.807, 2.05) is 72.8 Å². The van der Waals surface area contributed by atoms with E-state index in [4.69, 9.17) is 24.7 Å². The van der Waals surface area contributed by atoms with Gasteiger partial charge in [0.05, 0.1) is 15.6 Å². The minimum absolute atomic E-state index is 0.619. The Morgan fingerprint density at radius 2 is 0.981 bits per heavy atom. The van der Waals surface area contributed by atoms with Crippen molar-refractivity contribution in [2.45, 2.75) is 5.41 Å². The smallest absolute Gasteiger partial charge is 0.164 e. The number of hydrogen-bond donors (Lipinski definition) is 0. The van der Waals surface area contributed by atoms with Gasteiger partial charge in [-0.3, -0.25) is 0 Å². The highest BCUT2D eigenvalue weighted by molar-refractivity contribution is 7.21. The van der Waals surface area contributed by atoms with Crippen LogP contribution in [0.3, 0.4) is 0 Å². The van der Waals surface area contributed by atoms with E-state index in [0.717, 1.165) is 71.2 Å². The normalized spacial score (nSPS) is 13.2. The molecule has 53 heavy (non-hydrogen) atoms. The molecular formula is C47H28N4OS. The minimum Gasteiger partial charge on any atom is -0.457 e. The zero-order chi connectivity index (χ0) is 34.9. The fourth-order valence-electron chi connectivity index (χ4n) is 8.20. The van der Waals surface area contributed by atoms with Crippen molar-refractivity contribution in [3.05, 3.63) is 192 Å². The first kappa shape index (κ1) is 29.9. The predicted octanol–water partition coefficient (Wildman–Crippen LogP) is 11.6. The van der Waals surface area contributed by atoms with E-state index in [0.29, 0.717) is 17.5 Å². The monoisotopic (exact) mass is 696 g/mol. The third-order valence-electron chi connectivity index (χ3n) is 10.4. The molecule has 11 rings (SSSR count). The fraction of sp³-hybridized carbons (Fsp3) is 0.0213. The number of rotatable bonds is 4. The van der Waals surface area contributed by atoms with E-state index in [2.05, 4.69) is 97.1 Å². The standard InChI is InChI=1S/C47H28N4OS/c1-3-14-29(15-4-1)43-49-44(30-16-5-2-6-17-30)51-45(50-43)31-26-27-34-33(28-31)42-32(46-48-38-22-9-12-25-41(38)53-46)18-13-21-37(42)47(34)35-19-7-10-23-39(35)52-40-24-11-8-20-36(40)47/h1-28H. The van der Waals surface area contributed by atoms with Gasteiger partial charge in [0.1, 0.15) is 16.5 Å². The molecule has 0 N–H and O–H groups in total. The molecule has 2 aliphatic rings. The molecule has 1 spiro atoms. The van der Waals surface area contributed by atoms with Crippen molar-refractivity contribution in [1.82, 2.24) is 19.9 Å². The topological polar surface area (TPSA) is 60.8 Å². The van der Waals surface area contributed by atoms with Crippen LogP contribution < -0.4 is 4.74 Å². The second kappa shape index (κ2) is 11.6. The Hall–Kier alpha value is -6.76. The Bertz CT molecular complexity index is 2750. The van der Waals surface area contributed by atoms with Crippen molar-refractivity contribution in [2.24, 2.45) is 0 Å². The number of fused-ring (bicyclic) bond motifs is 10. The summed E-state index contributed by atoms with van der Waals surface area (Å²) in [7, 11) is 0. The summed E-state index contributed by atoms with van der Waals surface area (Å²) in [6.07, 6.45) is 0. The van der Waals surface area contributed by atoms with Crippen LogP contribution in [-0.4, -0.2) is 19.9 Å². The maximum absolute atomic E-state index is 6.62. The number of hydrogen-bond acceptors (Lipinski definition) is 6. The Morgan fingerprint density at radius 3 is 1.64 bits per heavy atom. The van der Waals surface area contributed by atoms with Gasteiger partial charge in [-0.15, -0.1) is 11.3 Å². The molecule has 248 valence electrons. The third-order valence-corrected chi connectivity index (χ3v) is 11.5. The average Bonchev–Trinajstić information content (AvgIpc) is 3.79. The van der Waals surface area contributed by atoms with E-state index in [1.165, 1.54) is 11.1 Å². The second-order valence-corrected chi connectivity index (χ2v) is 14.4. The van der Waals surface area contributed by atoms with E-state index in [9.17, 15) is 0 Å². The molecule has 0 radical (unpaired) electrons. The summed E-state index contributed by atoms with van der Waals surface area (Å²) in [6, 6.07) is 58.9. The van der Waals surface area contributed by atoms with Crippen molar-refractivity contribution in [3.63, 3.8) is 0 Å². The minimum atomic E-state index is -0.620. The lowest BCUT2D eigenvalue weighted by atomic mass is 9.66. The van der Waals surface area contributed by atoms with E-state index >= 15 is 0 Å². The lowest BCUT2D eigenvalue weighted by Gasteiger charge is -2.39. The van der Waals surface area contributed by atoms with Gasteiger partial charge in [-0.2, -0.15) is 0 Å². The molecule has 9 aromatic rings. The van der Waals surface area contributed by atoms with Gasteiger partial charge in [0.2, 0.25) is 0 Å². The number of nitrogens with zero attached hydrogens (tertiary/aromatic N) is 4. The van der Waals surface area contributed by atoms with Gasteiger partial charge in [-0.1, -0.05) is 140 Å². The molecule has 0 fully saturated rings. The van der Waals surface area contributed by atoms with Crippen LogP contribution in [0.1, 0.15) is 22.3 Å². The SMILES string of the molecule is c1ccc(-c2nc(-c3ccccc3)nc(-c3ccc4c(c3)-c3c(-c5nc6ccccc6s5)cccc3C43c4ccccc4Oc4ccccc43)n2)cc1. The molecule has 3 heterocycles. The largest absolute Gasteiger partial charge is 0.457 e. The number of ether oxygens (including phenoxy) is 1. The van der Waals surface area contributed by atoms with Gasteiger partial charge in [-0.05, 0) is 52.6 Å². The van der Waals surface area contributed by atoms with Crippen LogP contribution in [0.15, 0.2) is 170 Å². The Kier molecular flexibility index (Phi) is 6.57.